The van der Waals surface area contributed by atoms with E-state index in [4.69, 9.17) is 34.7 Å². The fraction of sp³-hybridized carbons (Fsp3) is 0.200. The largest absolute Gasteiger partial charge is 0.370 e. The van der Waals surface area contributed by atoms with Crippen molar-refractivity contribution in [3.63, 3.8) is 0 Å². The minimum atomic E-state index is -0.459. The fourth-order valence-electron chi connectivity index (χ4n) is 3.30. The van der Waals surface area contributed by atoms with Crippen molar-refractivity contribution < 1.29 is 4.79 Å². The average molecular weight is 388 g/mol. The van der Waals surface area contributed by atoms with E-state index in [-0.39, 0.29) is 5.96 Å². The number of hydrogen-bond donors (Lipinski definition) is 2. The zero-order chi connectivity index (χ0) is 18.8. The first-order chi connectivity index (χ1) is 12.4. The number of amides is 1. The molecule has 1 aromatic rings. The van der Waals surface area contributed by atoms with E-state index in [1.807, 2.05) is 24.3 Å². The van der Waals surface area contributed by atoms with E-state index in [0.29, 0.717) is 15.6 Å². The van der Waals surface area contributed by atoms with E-state index < -0.39 is 5.91 Å². The molecule has 0 fully saturated rings. The maximum absolute atomic E-state index is 12.3. The van der Waals surface area contributed by atoms with Crippen LogP contribution in [0.2, 0.25) is 10.0 Å². The van der Waals surface area contributed by atoms with Crippen molar-refractivity contribution in [1.29, 1.82) is 0 Å². The lowest BCUT2D eigenvalue weighted by molar-refractivity contribution is -0.114. The van der Waals surface area contributed by atoms with E-state index in [1.54, 1.807) is 12.1 Å². The quantitative estimate of drug-likeness (QED) is 0.576. The Labute approximate surface area is 162 Å². The number of guanidine groups is 1. The molecule has 134 valence electrons. The minimum absolute atomic E-state index is 0.251. The van der Waals surface area contributed by atoms with Crippen LogP contribution in [-0.2, 0) is 4.79 Å². The Morgan fingerprint density at radius 1 is 1.19 bits per heavy atom. The molecule has 0 saturated heterocycles. The molecule has 2 aliphatic rings. The molecule has 0 heterocycles. The van der Waals surface area contributed by atoms with Crippen molar-refractivity contribution in [3.05, 3.63) is 74.3 Å². The average Bonchev–Trinajstić information content (AvgIpc) is 2.78. The number of aliphatic imine (C=N–C) groups is 1. The van der Waals surface area contributed by atoms with Gasteiger partial charge >= 0.3 is 0 Å². The highest BCUT2D eigenvalue weighted by Crippen LogP contribution is 2.43. The second kappa shape index (κ2) is 7.52. The lowest BCUT2D eigenvalue weighted by atomic mass is 9.81. The van der Waals surface area contributed by atoms with Crippen molar-refractivity contribution in [1.82, 2.24) is 0 Å². The van der Waals surface area contributed by atoms with Gasteiger partial charge in [0.05, 0.1) is 0 Å². The number of nitrogens with two attached hydrogens (primary N) is 2. The fourth-order valence-corrected chi connectivity index (χ4v) is 3.81. The second-order valence-electron chi connectivity index (χ2n) is 6.34. The van der Waals surface area contributed by atoms with Crippen molar-refractivity contribution in [2.24, 2.45) is 16.5 Å². The Morgan fingerprint density at radius 3 is 2.65 bits per heavy atom. The Morgan fingerprint density at radius 2 is 1.96 bits per heavy atom. The molecule has 0 saturated carbocycles. The molecule has 4 nitrogen and oxygen atoms in total. The highest BCUT2D eigenvalue weighted by atomic mass is 35.5. The molecule has 0 spiro atoms. The molecule has 26 heavy (non-hydrogen) atoms. The number of benzene rings is 1. The van der Waals surface area contributed by atoms with Gasteiger partial charge in [-0.05, 0) is 55.5 Å². The summed E-state index contributed by atoms with van der Waals surface area (Å²) in [7, 11) is 0. The van der Waals surface area contributed by atoms with Crippen LogP contribution in [0.5, 0.6) is 0 Å². The first-order valence-corrected chi connectivity index (χ1v) is 9.02. The van der Waals surface area contributed by atoms with Crippen molar-refractivity contribution in [2.75, 3.05) is 0 Å². The van der Waals surface area contributed by atoms with Crippen LogP contribution in [0.15, 0.2) is 63.7 Å². The molecule has 4 N–H and O–H groups in total. The summed E-state index contributed by atoms with van der Waals surface area (Å²) in [6.45, 7) is 2.09. The standard InChI is InChI=1S/C20H19Cl2N3O/c1-11-5-6-12-3-2-4-13(19(26)25-20(23)24)9-16(12)18(11)15-8-7-14(21)10-17(15)22/h2,4,7-10H,3,5-6H2,1H3,(H4,23,24,25,26). The van der Waals surface area contributed by atoms with Gasteiger partial charge in [0.2, 0.25) is 0 Å². The maximum Gasteiger partial charge on any atom is 0.280 e. The Bertz CT molecular complexity index is 932. The molecule has 3 rings (SSSR count). The van der Waals surface area contributed by atoms with Gasteiger partial charge in [-0.2, -0.15) is 4.99 Å². The van der Waals surface area contributed by atoms with Gasteiger partial charge < -0.3 is 11.5 Å². The molecule has 0 radical (unpaired) electrons. The number of hydrogen-bond acceptors (Lipinski definition) is 1. The van der Waals surface area contributed by atoms with Crippen LogP contribution in [0.4, 0.5) is 0 Å². The first-order valence-electron chi connectivity index (χ1n) is 8.26. The van der Waals surface area contributed by atoms with Gasteiger partial charge in [0.1, 0.15) is 0 Å². The first kappa shape index (κ1) is 18.5. The van der Waals surface area contributed by atoms with Crippen LogP contribution in [0.25, 0.3) is 5.57 Å². The van der Waals surface area contributed by atoms with E-state index in [9.17, 15) is 4.79 Å². The normalized spacial score (nSPS) is 16.8. The lowest BCUT2D eigenvalue weighted by Gasteiger charge is -2.24. The highest BCUT2D eigenvalue weighted by Gasteiger charge is 2.23. The summed E-state index contributed by atoms with van der Waals surface area (Å²) in [6, 6.07) is 5.48. The third-order valence-corrected chi connectivity index (χ3v) is 5.07. The minimum Gasteiger partial charge on any atom is -0.370 e. The molecule has 1 amide bonds. The molecule has 0 aromatic heterocycles. The van der Waals surface area contributed by atoms with E-state index in [2.05, 4.69) is 11.9 Å². The third-order valence-electron chi connectivity index (χ3n) is 4.52. The maximum atomic E-state index is 12.3. The lowest BCUT2D eigenvalue weighted by Crippen LogP contribution is -2.24. The van der Waals surface area contributed by atoms with Gasteiger partial charge in [0.15, 0.2) is 5.96 Å². The van der Waals surface area contributed by atoms with Crippen molar-refractivity contribution in [2.45, 2.75) is 26.2 Å². The van der Waals surface area contributed by atoms with Crippen molar-refractivity contribution >= 4 is 40.6 Å². The molecule has 2 aliphatic carbocycles. The summed E-state index contributed by atoms with van der Waals surface area (Å²) in [5, 5.41) is 1.17. The summed E-state index contributed by atoms with van der Waals surface area (Å²) in [5.41, 5.74) is 16.6. The smallest absolute Gasteiger partial charge is 0.280 e. The predicted octanol–water partition coefficient (Wildman–Crippen LogP) is 4.54. The highest BCUT2D eigenvalue weighted by molar-refractivity contribution is 6.36. The third kappa shape index (κ3) is 3.76. The Kier molecular flexibility index (Phi) is 5.35. The summed E-state index contributed by atoms with van der Waals surface area (Å²) in [4.78, 5) is 16.0. The number of carbonyl (C=O) groups excluding carboxylic acids is 1. The van der Waals surface area contributed by atoms with E-state index >= 15 is 0 Å². The Hall–Kier alpha value is -2.30. The molecule has 0 bridgehead atoms. The van der Waals surface area contributed by atoms with Gasteiger partial charge in [-0.15, -0.1) is 0 Å². The second-order valence-corrected chi connectivity index (χ2v) is 7.19. The van der Waals surface area contributed by atoms with Gasteiger partial charge in [0, 0.05) is 21.2 Å². The molecule has 0 unspecified atom stereocenters. The summed E-state index contributed by atoms with van der Waals surface area (Å²) in [6.07, 6.45) is 8.26. The number of rotatable bonds is 2. The molecular weight excluding hydrogens is 369 g/mol. The topological polar surface area (TPSA) is 81.5 Å². The van der Waals surface area contributed by atoms with Crippen LogP contribution < -0.4 is 11.5 Å². The van der Waals surface area contributed by atoms with Crippen LogP contribution in [0.3, 0.4) is 0 Å². The molecule has 0 aliphatic heterocycles. The van der Waals surface area contributed by atoms with Crippen LogP contribution in [0, 0.1) is 0 Å². The van der Waals surface area contributed by atoms with Crippen molar-refractivity contribution in [3.8, 4) is 0 Å². The van der Waals surface area contributed by atoms with Crippen LogP contribution in [-0.4, -0.2) is 11.9 Å². The summed E-state index contributed by atoms with van der Waals surface area (Å²) < 4.78 is 0. The number of halogens is 2. The zero-order valence-corrected chi connectivity index (χ0v) is 15.9. The monoisotopic (exact) mass is 387 g/mol. The predicted molar refractivity (Wildman–Crippen MR) is 108 cm³/mol. The van der Waals surface area contributed by atoms with Gasteiger partial charge in [0.25, 0.3) is 5.91 Å². The van der Waals surface area contributed by atoms with Gasteiger partial charge in [-0.25, -0.2) is 0 Å². The zero-order valence-electron chi connectivity index (χ0n) is 14.4. The van der Waals surface area contributed by atoms with E-state index in [1.165, 1.54) is 11.1 Å². The molecule has 0 atom stereocenters. The molecule has 1 aromatic carbocycles. The van der Waals surface area contributed by atoms with Gasteiger partial charge in [-0.3, -0.25) is 4.79 Å². The number of carbonyl (C=O) groups is 1. The number of allylic oxidation sites excluding steroid dienone is 6. The summed E-state index contributed by atoms with van der Waals surface area (Å²) in [5.74, 6) is -0.709. The molecule has 6 heteroatoms. The van der Waals surface area contributed by atoms with Crippen LogP contribution in [0.1, 0.15) is 31.7 Å². The van der Waals surface area contributed by atoms with E-state index in [0.717, 1.165) is 36.0 Å². The number of nitrogens with zero attached hydrogens (tertiary/aromatic N) is 1. The SMILES string of the molecule is CC1=C(c2ccc(Cl)cc2Cl)C2=C(CC=CC(C(=O)N=C(N)N)=C2)CC1. The summed E-state index contributed by atoms with van der Waals surface area (Å²) >= 11 is 12.5. The molecular formula is C20H19Cl2N3O. The van der Waals surface area contributed by atoms with Crippen LogP contribution >= 0.6 is 23.2 Å². The Balaban J connectivity index is 2.15. The van der Waals surface area contributed by atoms with Gasteiger partial charge in [-0.1, -0.05) is 52.6 Å².